The Hall–Kier alpha value is -2.90. The van der Waals surface area contributed by atoms with E-state index in [-0.39, 0.29) is 37.6 Å². The highest BCUT2D eigenvalue weighted by Crippen LogP contribution is 2.13. The lowest BCUT2D eigenvalue weighted by Crippen LogP contribution is -2.54. The highest BCUT2D eigenvalue weighted by molar-refractivity contribution is 5.93. The second kappa shape index (κ2) is 13.4. The highest BCUT2D eigenvalue weighted by Gasteiger charge is 2.30. The van der Waals surface area contributed by atoms with E-state index in [1.807, 2.05) is 37.3 Å². The lowest BCUT2D eigenvalue weighted by atomic mass is 9.95. The number of Topliss-reactive ketones (excluding diaryl/α,β-unsaturated/α-hetero) is 1. The Bertz CT molecular complexity index is 735. The van der Waals surface area contributed by atoms with E-state index in [0.717, 1.165) is 11.5 Å². The molecule has 3 atom stereocenters. The third kappa shape index (κ3) is 10.1. The predicted octanol–water partition coefficient (Wildman–Crippen LogP) is 3.25. The first-order valence-electron chi connectivity index (χ1n) is 10.4. The van der Waals surface area contributed by atoms with Crippen molar-refractivity contribution < 1.29 is 29.0 Å². The van der Waals surface area contributed by atoms with Crippen LogP contribution in [-0.2, 0) is 25.7 Å². The van der Waals surface area contributed by atoms with E-state index < -0.39 is 30.1 Å². The predicted molar refractivity (Wildman–Crippen MR) is 116 cm³/mol. The molecule has 8 heteroatoms. The zero-order chi connectivity index (χ0) is 23.4. The van der Waals surface area contributed by atoms with E-state index in [2.05, 4.69) is 10.6 Å². The second-order valence-corrected chi connectivity index (χ2v) is 7.91. The first-order valence-corrected chi connectivity index (χ1v) is 10.4. The standard InChI is InChI=1S/C23H33N2O6/c1-5-16(4)21(25-23(30)31-14-17-9-7-6-8-10-17)22(29)24-18(11-12-20(27)28)19(26)13-15(2)3/h6-10,16,18,21H,5,11-14H2,1-4H3,(H,24,29)(H,25,30)(H,27,28)/t16?,18-,21-/m0/s1. The van der Waals surface area contributed by atoms with Crippen molar-refractivity contribution >= 4 is 23.8 Å². The van der Waals surface area contributed by atoms with Gasteiger partial charge in [-0.05, 0) is 23.8 Å². The topological polar surface area (TPSA) is 122 Å². The van der Waals surface area contributed by atoms with Gasteiger partial charge in [-0.15, -0.1) is 0 Å². The van der Waals surface area contributed by atoms with Crippen LogP contribution in [0.5, 0.6) is 0 Å². The molecule has 1 rings (SSSR count). The van der Waals surface area contributed by atoms with Crippen LogP contribution in [0.25, 0.3) is 0 Å². The Balaban J connectivity index is 2.81. The van der Waals surface area contributed by atoms with Crippen LogP contribution in [0, 0.1) is 11.8 Å². The summed E-state index contributed by atoms with van der Waals surface area (Å²) in [7, 11) is 0. The average Bonchev–Trinajstić information content (AvgIpc) is 2.72. The first kappa shape index (κ1) is 26.1. The minimum Gasteiger partial charge on any atom is -0.481 e. The molecule has 1 unspecified atom stereocenters. The number of carbonyl (C=O) groups excluding carboxylic acids is 3. The highest BCUT2D eigenvalue weighted by atomic mass is 16.5. The molecule has 0 fully saturated rings. The van der Waals surface area contributed by atoms with E-state index >= 15 is 0 Å². The van der Waals surface area contributed by atoms with Crippen LogP contribution in [-0.4, -0.2) is 40.9 Å². The Morgan fingerprint density at radius 1 is 1.06 bits per heavy atom. The van der Waals surface area contributed by atoms with Crippen LogP contribution < -0.4 is 10.6 Å². The van der Waals surface area contributed by atoms with E-state index in [9.17, 15) is 19.2 Å². The Morgan fingerprint density at radius 3 is 2.26 bits per heavy atom. The van der Waals surface area contributed by atoms with Crippen molar-refractivity contribution in [1.82, 2.24) is 10.6 Å². The lowest BCUT2D eigenvalue weighted by molar-refractivity contribution is -0.138. The maximum Gasteiger partial charge on any atom is 0.408 e. The summed E-state index contributed by atoms with van der Waals surface area (Å²) in [5, 5.41) is 14.2. The molecule has 8 nitrogen and oxygen atoms in total. The summed E-state index contributed by atoms with van der Waals surface area (Å²) in [5.41, 5.74) is 0.813. The smallest absolute Gasteiger partial charge is 0.408 e. The number of alkyl carbamates (subject to hydrolysis) is 1. The number of nitrogens with one attached hydrogen (secondary N) is 2. The zero-order valence-corrected chi connectivity index (χ0v) is 18.6. The number of carboxylic acid groups (broad SMARTS) is 1. The molecule has 0 heterocycles. The minimum atomic E-state index is -1.05. The molecule has 0 saturated carbocycles. The normalized spacial score (nSPS) is 13.7. The summed E-state index contributed by atoms with van der Waals surface area (Å²) in [6.45, 7) is 7.33. The van der Waals surface area contributed by atoms with Crippen LogP contribution in [0.2, 0.25) is 0 Å². The van der Waals surface area contributed by atoms with Crippen LogP contribution >= 0.6 is 0 Å². The summed E-state index contributed by atoms with van der Waals surface area (Å²) in [6, 6.07) is 7.29. The van der Waals surface area contributed by atoms with Crippen molar-refractivity contribution in [2.75, 3.05) is 0 Å². The number of carboxylic acids is 1. The third-order valence-electron chi connectivity index (χ3n) is 4.86. The molecular formula is C23H33N2O6. The summed E-state index contributed by atoms with van der Waals surface area (Å²) in [4.78, 5) is 48.6. The van der Waals surface area contributed by atoms with Gasteiger partial charge in [0.15, 0.2) is 5.78 Å². The van der Waals surface area contributed by atoms with Gasteiger partial charge in [0.2, 0.25) is 5.91 Å². The summed E-state index contributed by atoms with van der Waals surface area (Å²) in [6.07, 6.45) is -0.258. The molecule has 1 aromatic rings. The van der Waals surface area contributed by atoms with Gasteiger partial charge in [0.25, 0.3) is 0 Å². The number of carbonyl (C=O) groups is 4. The SMILES string of the molecule is CCC(C)[C@H](NC(=O)OCc1ccccc1)C(=O)N[C@@H](CCC(=O)O)C(=O)C[C](C)C. The number of ether oxygens (including phenoxy) is 1. The molecule has 0 saturated heterocycles. The molecule has 2 amide bonds. The van der Waals surface area contributed by atoms with Crippen molar-refractivity contribution in [3.63, 3.8) is 0 Å². The summed E-state index contributed by atoms with van der Waals surface area (Å²) in [5.74, 6) is -1.21. The molecule has 31 heavy (non-hydrogen) atoms. The van der Waals surface area contributed by atoms with Crippen molar-refractivity contribution in [3.8, 4) is 0 Å². The minimum absolute atomic E-state index is 0.0150. The van der Waals surface area contributed by atoms with Crippen molar-refractivity contribution in [3.05, 3.63) is 41.8 Å². The monoisotopic (exact) mass is 433 g/mol. The van der Waals surface area contributed by atoms with Gasteiger partial charge in [-0.2, -0.15) is 0 Å². The van der Waals surface area contributed by atoms with Gasteiger partial charge in [0, 0.05) is 12.8 Å². The van der Waals surface area contributed by atoms with E-state index in [0.29, 0.717) is 6.42 Å². The second-order valence-electron chi connectivity index (χ2n) is 7.91. The molecule has 1 radical (unpaired) electrons. The first-order chi connectivity index (χ1) is 14.6. The number of hydrogen-bond acceptors (Lipinski definition) is 5. The van der Waals surface area contributed by atoms with Crippen molar-refractivity contribution in [1.29, 1.82) is 0 Å². The maximum atomic E-state index is 12.9. The fraction of sp³-hybridized carbons (Fsp3) is 0.522. The van der Waals surface area contributed by atoms with Gasteiger partial charge in [0.05, 0.1) is 6.04 Å². The third-order valence-corrected chi connectivity index (χ3v) is 4.86. The maximum absolute atomic E-state index is 12.9. The van der Waals surface area contributed by atoms with Gasteiger partial charge in [0.1, 0.15) is 12.6 Å². The summed E-state index contributed by atoms with van der Waals surface area (Å²) >= 11 is 0. The van der Waals surface area contributed by atoms with E-state index in [4.69, 9.17) is 9.84 Å². The van der Waals surface area contributed by atoms with Crippen LogP contribution in [0.3, 0.4) is 0 Å². The number of aliphatic carboxylic acids is 1. The molecule has 1 aromatic carbocycles. The number of hydrogen-bond donors (Lipinski definition) is 3. The van der Waals surface area contributed by atoms with E-state index in [1.54, 1.807) is 20.8 Å². The van der Waals surface area contributed by atoms with Gasteiger partial charge < -0.3 is 20.5 Å². The number of amides is 2. The molecule has 171 valence electrons. The number of ketones is 1. The fourth-order valence-electron chi connectivity index (χ4n) is 2.91. The van der Waals surface area contributed by atoms with Crippen LogP contribution in [0.15, 0.2) is 30.3 Å². The van der Waals surface area contributed by atoms with Gasteiger partial charge in [-0.25, -0.2) is 4.79 Å². The molecule has 0 spiro atoms. The van der Waals surface area contributed by atoms with Crippen molar-refractivity contribution in [2.45, 2.75) is 72.1 Å². The fourth-order valence-corrected chi connectivity index (χ4v) is 2.91. The number of benzene rings is 1. The molecule has 3 N–H and O–H groups in total. The molecule has 0 bridgehead atoms. The summed E-state index contributed by atoms with van der Waals surface area (Å²) < 4.78 is 5.21. The molecule has 0 aliphatic carbocycles. The largest absolute Gasteiger partial charge is 0.481 e. The zero-order valence-electron chi connectivity index (χ0n) is 18.6. The molecular weight excluding hydrogens is 400 g/mol. The Morgan fingerprint density at radius 2 is 1.71 bits per heavy atom. The van der Waals surface area contributed by atoms with Gasteiger partial charge >= 0.3 is 12.1 Å². The Kier molecular flexibility index (Phi) is 11.3. The number of rotatable bonds is 13. The van der Waals surface area contributed by atoms with Crippen LogP contribution in [0.1, 0.15) is 58.9 Å². The molecule has 0 aliphatic rings. The van der Waals surface area contributed by atoms with Gasteiger partial charge in [-0.3, -0.25) is 14.4 Å². The molecule has 0 aliphatic heterocycles. The quantitative estimate of drug-likeness (QED) is 0.439. The van der Waals surface area contributed by atoms with E-state index in [1.165, 1.54) is 0 Å². The lowest BCUT2D eigenvalue weighted by Gasteiger charge is -2.26. The molecule has 0 aromatic heterocycles. The Labute approximate surface area is 183 Å². The van der Waals surface area contributed by atoms with Crippen LogP contribution in [0.4, 0.5) is 4.79 Å². The van der Waals surface area contributed by atoms with Gasteiger partial charge in [-0.1, -0.05) is 64.4 Å². The average molecular weight is 434 g/mol. The van der Waals surface area contributed by atoms with Crippen molar-refractivity contribution in [2.24, 2.45) is 5.92 Å².